The minimum Gasteiger partial charge on any atom is -0.394 e. The molecule has 5 nitrogen and oxygen atoms in total. The molecule has 0 aromatic rings. The van der Waals surface area contributed by atoms with Crippen LogP contribution in [0.3, 0.4) is 0 Å². The van der Waals surface area contributed by atoms with E-state index < -0.39 is 0 Å². The van der Waals surface area contributed by atoms with E-state index in [1.165, 1.54) is 7.05 Å². The number of rotatable bonds is 6. The van der Waals surface area contributed by atoms with E-state index in [2.05, 4.69) is 10.3 Å². The van der Waals surface area contributed by atoms with Crippen molar-refractivity contribution in [3.63, 3.8) is 0 Å². The molecule has 0 aliphatic carbocycles. The van der Waals surface area contributed by atoms with Gasteiger partial charge in [0.15, 0.2) is 0 Å². The summed E-state index contributed by atoms with van der Waals surface area (Å²) in [5.41, 5.74) is 2.25. The monoisotopic (exact) mass is 163 g/mol. The van der Waals surface area contributed by atoms with E-state index in [1.807, 2.05) is 0 Å². The number of carbonyl (C=O) groups is 1. The largest absolute Gasteiger partial charge is 0.394 e. The highest BCUT2D eigenvalue weighted by atomic mass is 16.7. The summed E-state index contributed by atoms with van der Waals surface area (Å²) in [5.74, 6) is -0.370. The third kappa shape index (κ3) is 7.24. The summed E-state index contributed by atoms with van der Waals surface area (Å²) in [6, 6.07) is 0. The Morgan fingerprint density at radius 1 is 1.55 bits per heavy atom. The Kier molecular flexibility index (Phi) is 7.02. The maximum Gasteiger partial charge on any atom is 0.327 e. The van der Waals surface area contributed by atoms with Gasteiger partial charge in [-0.05, 0) is 0 Å². The Morgan fingerprint density at radius 3 is 2.82 bits per heavy atom. The lowest BCUT2D eigenvalue weighted by atomic mass is 10.5. The second kappa shape index (κ2) is 7.46. The SMILES string of the molecule is CNOC(=O)CCOCCO. The van der Waals surface area contributed by atoms with E-state index in [4.69, 9.17) is 9.84 Å². The number of hydrogen-bond acceptors (Lipinski definition) is 5. The van der Waals surface area contributed by atoms with Crippen LogP contribution in [0.15, 0.2) is 0 Å². The van der Waals surface area contributed by atoms with Crippen molar-refractivity contribution in [2.45, 2.75) is 6.42 Å². The van der Waals surface area contributed by atoms with Crippen molar-refractivity contribution >= 4 is 5.97 Å². The molecule has 0 aromatic heterocycles. The molecule has 0 amide bonds. The summed E-state index contributed by atoms with van der Waals surface area (Å²) in [7, 11) is 1.51. The molecule has 0 aromatic carbocycles. The standard InChI is InChI=1S/C6H13NO4/c1-7-11-6(9)2-4-10-5-3-8/h7-8H,2-5H2,1H3. The first kappa shape index (κ1) is 10.3. The number of ether oxygens (including phenoxy) is 1. The van der Waals surface area contributed by atoms with Crippen LogP contribution in [-0.4, -0.2) is 37.9 Å². The zero-order chi connectivity index (χ0) is 8.53. The quantitative estimate of drug-likeness (QED) is 0.391. The average Bonchev–Trinajstić information content (AvgIpc) is 1.99. The van der Waals surface area contributed by atoms with Crippen molar-refractivity contribution in [1.29, 1.82) is 0 Å². The van der Waals surface area contributed by atoms with Crippen LogP contribution in [0, 0.1) is 0 Å². The average molecular weight is 163 g/mol. The van der Waals surface area contributed by atoms with Crippen molar-refractivity contribution in [3.8, 4) is 0 Å². The summed E-state index contributed by atoms with van der Waals surface area (Å²) in [4.78, 5) is 15.0. The van der Waals surface area contributed by atoms with E-state index in [0.29, 0.717) is 0 Å². The summed E-state index contributed by atoms with van der Waals surface area (Å²) < 4.78 is 4.82. The van der Waals surface area contributed by atoms with Crippen LogP contribution >= 0.6 is 0 Å². The third-order valence-corrected chi connectivity index (χ3v) is 0.902. The lowest BCUT2D eigenvalue weighted by molar-refractivity contribution is -0.151. The number of carbonyl (C=O) groups excluding carboxylic acids is 1. The first-order valence-corrected chi connectivity index (χ1v) is 3.36. The van der Waals surface area contributed by atoms with Crippen LogP contribution in [0.25, 0.3) is 0 Å². The van der Waals surface area contributed by atoms with E-state index >= 15 is 0 Å². The maximum absolute atomic E-state index is 10.6. The molecule has 66 valence electrons. The van der Waals surface area contributed by atoms with Gasteiger partial charge in [-0.3, -0.25) is 4.79 Å². The Hall–Kier alpha value is -0.650. The van der Waals surface area contributed by atoms with Crippen molar-refractivity contribution in [2.75, 3.05) is 26.9 Å². The molecule has 0 fully saturated rings. The Balaban J connectivity index is 3.04. The third-order valence-electron chi connectivity index (χ3n) is 0.902. The number of aliphatic hydroxyl groups is 1. The van der Waals surface area contributed by atoms with E-state index in [9.17, 15) is 4.79 Å². The molecule has 5 heteroatoms. The highest BCUT2D eigenvalue weighted by Crippen LogP contribution is 1.84. The number of hydroxylamine groups is 1. The van der Waals surface area contributed by atoms with Gasteiger partial charge in [-0.15, -0.1) is 0 Å². The lowest BCUT2D eigenvalue weighted by Crippen LogP contribution is -2.16. The molecule has 0 aliphatic rings. The minimum absolute atomic E-state index is 0.0267. The van der Waals surface area contributed by atoms with Gasteiger partial charge in [0.2, 0.25) is 0 Å². The first-order chi connectivity index (χ1) is 5.31. The predicted octanol–water partition coefficient (Wildman–Crippen LogP) is -0.937. The van der Waals surface area contributed by atoms with Gasteiger partial charge in [0.25, 0.3) is 0 Å². The molecule has 0 rings (SSSR count). The smallest absolute Gasteiger partial charge is 0.327 e. The molecule has 11 heavy (non-hydrogen) atoms. The molecule has 0 saturated carbocycles. The van der Waals surface area contributed by atoms with Gasteiger partial charge in [-0.2, -0.15) is 5.48 Å². The minimum atomic E-state index is -0.370. The normalized spacial score (nSPS) is 9.64. The van der Waals surface area contributed by atoms with Crippen LogP contribution in [-0.2, 0) is 14.4 Å². The Labute approximate surface area is 65.3 Å². The van der Waals surface area contributed by atoms with Gasteiger partial charge in [-0.25, -0.2) is 0 Å². The van der Waals surface area contributed by atoms with Gasteiger partial charge >= 0.3 is 5.97 Å². The molecular weight excluding hydrogens is 150 g/mol. The molecule has 0 saturated heterocycles. The second-order valence-electron chi connectivity index (χ2n) is 1.76. The molecule has 0 radical (unpaired) electrons. The van der Waals surface area contributed by atoms with E-state index in [1.54, 1.807) is 0 Å². The summed E-state index contributed by atoms with van der Waals surface area (Å²) in [6.07, 6.45) is 0.195. The topological polar surface area (TPSA) is 67.8 Å². The van der Waals surface area contributed by atoms with Gasteiger partial charge in [0, 0.05) is 7.05 Å². The number of hydrogen-bond donors (Lipinski definition) is 2. The van der Waals surface area contributed by atoms with Crippen molar-refractivity contribution in [2.24, 2.45) is 0 Å². The summed E-state index contributed by atoms with van der Waals surface area (Å²) in [5, 5.41) is 8.28. The van der Waals surface area contributed by atoms with Gasteiger partial charge in [0.05, 0.1) is 26.2 Å². The second-order valence-corrected chi connectivity index (χ2v) is 1.76. The molecule has 0 heterocycles. The molecule has 0 unspecified atom stereocenters. The number of aliphatic hydroxyl groups excluding tert-OH is 1. The Morgan fingerprint density at radius 2 is 2.27 bits per heavy atom. The van der Waals surface area contributed by atoms with Crippen LogP contribution < -0.4 is 5.48 Å². The molecular formula is C6H13NO4. The zero-order valence-electron chi connectivity index (χ0n) is 6.50. The highest BCUT2D eigenvalue weighted by molar-refractivity contribution is 5.69. The summed E-state index contributed by atoms with van der Waals surface area (Å²) in [6.45, 7) is 0.509. The van der Waals surface area contributed by atoms with Gasteiger partial charge < -0.3 is 14.7 Å². The van der Waals surface area contributed by atoms with Gasteiger partial charge in [0.1, 0.15) is 0 Å². The Bertz CT molecular complexity index is 107. The fourth-order valence-corrected chi connectivity index (χ4v) is 0.487. The van der Waals surface area contributed by atoms with Crippen molar-refractivity contribution < 1.29 is 19.5 Å². The highest BCUT2D eigenvalue weighted by Gasteiger charge is 2.00. The van der Waals surface area contributed by atoms with Crippen LogP contribution in [0.1, 0.15) is 6.42 Å². The first-order valence-electron chi connectivity index (χ1n) is 3.36. The molecule has 0 aliphatic heterocycles. The zero-order valence-corrected chi connectivity index (χ0v) is 6.50. The molecule has 0 atom stereocenters. The maximum atomic E-state index is 10.6. The lowest BCUT2D eigenvalue weighted by Gasteiger charge is -2.01. The predicted molar refractivity (Wildman–Crippen MR) is 37.7 cm³/mol. The van der Waals surface area contributed by atoms with E-state index in [-0.39, 0.29) is 32.2 Å². The fourth-order valence-electron chi connectivity index (χ4n) is 0.487. The van der Waals surface area contributed by atoms with Gasteiger partial charge in [-0.1, -0.05) is 0 Å². The molecule has 0 spiro atoms. The van der Waals surface area contributed by atoms with Crippen molar-refractivity contribution in [3.05, 3.63) is 0 Å². The molecule has 2 N–H and O–H groups in total. The summed E-state index contributed by atoms with van der Waals surface area (Å²) >= 11 is 0. The van der Waals surface area contributed by atoms with E-state index in [0.717, 1.165) is 0 Å². The molecule has 0 bridgehead atoms. The number of nitrogens with one attached hydrogen (secondary N) is 1. The fraction of sp³-hybridized carbons (Fsp3) is 0.833. The van der Waals surface area contributed by atoms with Crippen LogP contribution in [0.5, 0.6) is 0 Å². The van der Waals surface area contributed by atoms with Crippen molar-refractivity contribution in [1.82, 2.24) is 5.48 Å². The van der Waals surface area contributed by atoms with Crippen LogP contribution in [0.4, 0.5) is 0 Å². The van der Waals surface area contributed by atoms with Crippen LogP contribution in [0.2, 0.25) is 0 Å².